The number of aromatic nitrogens is 4. The van der Waals surface area contributed by atoms with Crippen molar-refractivity contribution < 1.29 is 5.11 Å². The van der Waals surface area contributed by atoms with Gasteiger partial charge in [0.15, 0.2) is 5.82 Å². The van der Waals surface area contributed by atoms with Gasteiger partial charge in [-0.2, -0.15) is 5.10 Å². The second-order valence-corrected chi connectivity index (χ2v) is 4.81. The summed E-state index contributed by atoms with van der Waals surface area (Å²) in [6, 6.07) is 1.82. The molecule has 0 saturated heterocycles. The predicted molar refractivity (Wildman–Crippen MR) is 73.6 cm³/mol. The van der Waals surface area contributed by atoms with Gasteiger partial charge in [0.25, 0.3) is 0 Å². The molecule has 2 rings (SSSR count). The zero-order valence-corrected chi connectivity index (χ0v) is 12.1. The molecule has 0 bridgehead atoms. The summed E-state index contributed by atoms with van der Waals surface area (Å²) in [5.41, 5.74) is 2.36. The lowest BCUT2D eigenvalue weighted by molar-refractivity contribution is 0.280. The molecular weight excluding hydrogens is 264 g/mol. The van der Waals surface area contributed by atoms with Crippen molar-refractivity contribution in [3.8, 4) is 5.82 Å². The predicted octanol–water partition coefficient (Wildman–Crippen LogP) is 2.38. The third kappa shape index (κ3) is 2.77. The van der Waals surface area contributed by atoms with E-state index in [4.69, 9.17) is 11.6 Å². The van der Waals surface area contributed by atoms with Crippen molar-refractivity contribution in [2.75, 3.05) is 0 Å². The fraction of sp³-hybridized carbons (Fsp3) is 0.462. The standard InChI is InChI=1S/C13H17ClN4O/c1-4-5-11-10(7-19)13(14)18(17-11)12-6-8(2)15-9(3)16-12/h6,19H,4-5,7H2,1-3H3. The molecule has 0 amide bonds. The normalized spacial score (nSPS) is 11.0. The summed E-state index contributed by atoms with van der Waals surface area (Å²) in [7, 11) is 0. The van der Waals surface area contributed by atoms with Crippen molar-refractivity contribution in [1.82, 2.24) is 19.7 Å². The van der Waals surface area contributed by atoms with Crippen LogP contribution in [0.4, 0.5) is 0 Å². The molecule has 0 spiro atoms. The van der Waals surface area contributed by atoms with E-state index in [0.717, 1.165) is 24.2 Å². The number of aliphatic hydroxyl groups excluding tert-OH is 1. The maximum Gasteiger partial charge on any atom is 0.159 e. The average molecular weight is 281 g/mol. The van der Waals surface area contributed by atoms with E-state index >= 15 is 0 Å². The number of hydrogen-bond donors (Lipinski definition) is 1. The Labute approximate surface area is 117 Å². The van der Waals surface area contributed by atoms with Crippen LogP contribution in [0.2, 0.25) is 5.15 Å². The minimum Gasteiger partial charge on any atom is -0.391 e. The van der Waals surface area contributed by atoms with Gasteiger partial charge in [0, 0.05) is 17.3 Å². The summed E-state index contributed by atoms with van der Waals surface area (Å²) in [6.07, 6.45) is 1.73. The minimum atomic E-state index is -0.114. The first-order valence-electron chi connectivity index (χ1n) is 6.26. The quantitative estimate of drug-likeness (QED) is 0.934. The maximum atomic E-state index is 9.42. The first-order chi connectivity index (χ1) is 9.06. The highest BCUT2D eigenvalue weighted by molar-refractivity contribution is 6.30. The first kappa shape index (κ1) is 14.0. The van der Waals surface area contributed by atoms with Gasteiger partial charge in [-0.3, -0.25) is 0 Å². The van der Waals surface area contributed by atoms with Crippen molar-refractivity contribution in [2.24, 2.45) is 0 Å². The van der Waals surface area contributed by atoms with E-state index in [1.165, 1.54) is 0 Å². The number of halogens is 1. The van der Waals surface area contributed by atoms with Crippen LogP contribution in [-0.2, 0) is 13.0 Å². The number of hydrogen-bond acceptors (Lipinski definition) is 4. The van der Waals surface area contributed by atoms with Crippen molar-refractivity contribution in [3.63, 3.8) is 0 Å². The van der Waals surface area contributed by atoms with Crippen LogP contribution in [0, 0.1) is 13.8 Å². The SMILES string of the molecule is CCCc1nn(-c2cc(C)nc(C)n2)c(Cl)c1CO. The monoisotopic (exact) mass is 280 g/mol. The highest BCUT2D eigenvalue weighted by atomic mass is 35.5. The molecule has 0 aliphatic carbocycles. The Balaban J connectivity index is 2.55. The Morgan fingerprint density at radius 1 is 1.32 bits per heavy atom. The summed E-state index contributed by atoms with van der Waals surface area (Å²) >= 11 is 6.28. The fourth-order valence-corrected chi connectivity index (χ4v) is 2.32. The molecule has 6 heteroatoms. The zero-order valence-electron chi connectivity index (χ0n) is 11.3. The van der Waals surface area contributed by atoms with Crippen LogP contribution in [0.5, 0.6) is 0 Å². The molecule has 2 aromatic heterocycles. The van der Waals surface area contributed by atoms with Crippen molar-refractivity contribution in [3.05, 3.63) is 34.0 Å². The number of nitrogens with zero attached hydrogens (tertiary/aromatic N) is 4. The molecule has 102 valence electrons. The van der Waals surface area contributed by atoms with E-state index < -0.39 is 0 Å². The number of rotatable bonds is 4. The van der Waals surface area contributed by atoms with Crippen molar-refractivity contribution in [1.29, 1.82) is 0 Å². The summed E-state index contributed by atoms with van der Waals surface area (Å²) in [5.74, 6) is 1.30. The van der Waals surface area contributed by atoms with E-state index in [-0.39, 0.29) is 6.61 Å². The molecule has 2 heterocycles. The highest BCUT2D eigenvalue weighted by Gasteiger charge is 2.17. The number of aliphatic hydroxyl groups is 1. The van der Waals surface area contributed by atoms with E-state index in [1.54, 1.807) is 4.68 Å². The van der Waals surface area contributed by atoms with Crippen LogP contribution >= 0.6 is 11.6 Å². The molecule has 0 aliphatic rings. The molecule has 2 aromatic rings. The molecule has 1 N–H and O–H groups in total. The molecule has 0 radical (unpaired) electrons. The molecule has 0 unspecified atom stereocenters. The average Bonchev–Trinajstić information content (AvgIpc) is 2.65. The van der Waals surface area contributed by atoms with Crippen LogP contribution in [0.1, 0.15) is 36.1 Å². The van der Waals surface area contributed by atoms with Crippen LogP contribution in [0.15, 0.2) is 6.07 Å². The molecular formula is C13H17ClN4O. The lowest BCUT2D eigenvalue weighted by atomic mass is 10.2. The lowest BCUT2D eigenvalue weighted by Gasteiger charge is -2.04. The molecule has 19 heavy (non-hydrogen) atoms. The highest BCUT2D eigenvalue weighted by Crippen LogP contribution is 2.24. The Morgan fingerprint density at radius 3 is 2.63 bits per heavy atom. The topological polar surface area (TPSA) is 63.8 Å². The zero-order chi connectivity index (χ0) is 14.0. The van der Waals surface area contributed by atoms with E-state index in [2.05, 4.69) is 22.0 Å². The summed E-state index contributed by atoms with van der Waals surface area (Å²) in [4.78, 5) is 8.57. The second kappa shape index (κ2) is 5.67. The minimum absolute atomic E-state index is 0.114. The van der Waals surface area contributed by atoms with Crippen molar-refractivity contribution in [2.45, 2.75) is 40.2 Å². The molecule has 0 fully saturated rings. The summed E-state index contributed by atoms with van der Waals surface area (Å²) in [6.45, 7) is 5.67. The largest absolute Gasteiger partial charge is 0.391 e. The van der Waals surface area contributed by atoms with Gasteiger partial charge in [0.2, 0.25) is 0 Å². The Hall–Kier alpha value is -1.46. The van der Waals surface area contributed by atoms with Crippen molar-refractivity contribution >= 4 is 11.6 Å². The van der Waals surface area contributed by atoms with Crippen LogP contribution in [0.3, 0.4) is 0 Å². The van der Waals surface area contributed by atoms with Crippen LogP contribution in [0.25, 0.3) is 5.82 Å². The third-order valence-corrected chi connectivity index (χ3v) is 3.21. The Bertz CT molecular complexity index is 574. The van der Waals surface area contributed by atoms with Gasteiger partial charge in [0.05, 0.1) is 12.3 Å². The van der Waals surface area contributed by atoms with E-state index in [0.29, 0.717) is 22.4 Å². The third-order valence-electron chi connectivity index (χ3n) is 2.82. The van der Waals surface area contributed by atoms with E-state index in [9.17, 15) is 5.11 Å². The molecule has 0 saturated carbocycles. The van der Waals surface area contributed by atoms with Gasteiger partial charge in [0.1, 0.15) is 11.0 Å². The van der Waals surface area contributed by atoms with Gasteiger partial charge in [-0.05, 0) is 20.3 Å². The molecule has 0 aliphatic heterocycles. The summed E-state index contributed by atoms with van der Waals surface area (Å²) < 4.78 is 1.57. The smallest absolute Gasteiger partial charge is 0.159 e. The maximum absolute atomic E-state index is 9.42. The second-order valence-electron chi connectivity index (χ2n) is 4.45. The lowest BCUT2D eigenvalue weighted by Crippen LogP contribution is -2.04. The Kier molecular flexibility index (Phi) is 4.17. The van der Waals surface area contributed by atoms with E-state index in [1.807, 2.05) is 19.9 Å². The van der Waals surface area contributed by atoms with Gasteiger partial charge in [-0.1, -0.05) is 24.9 Å². The molecule has 5 nitrogen and oxygen atoms in total. The fourth-order valence-electron chi connectivity index (χ4n) is 2.02. The summed E-state index contributed by atoms with van der Waals surface area (Å²) in [5, 5.41) is 14.3. The molecule has 0 atom stereocenters. The van der Waals surface area contributed by atoms with Gasteiger partial charge < -0.3 is 5.11 Å². The first-order valence-corrected chi connectivity index (χ1v) is 6.64. The van der Waals surface area contributed by atoms with Gasteiger partial charge in [-0.15, -0.1) is 0 Å². The molecule has 0 aromatic carbocycles. The Morgan fingerprint density at radius 2 is 2.05 bits per heavy atom. The van der Waals surface area contributed by atoms with Crippen LogP contribution < -0.4 is 0 Å². The number of aryl methyl sites for hydroxylation is 3. The van der Waals surface area contributed by atoms with Crippen LogP contribution in [-0.4, -0.2) is 24.9 Å². The van der Waals surface area contributed by atoms with Gasteiger partial charge >= 0.3 is 0 Å². The van der Waals surface area contributed by atoms with Gasteiger partial charge in [-0.25, -0.2) is 14.6 Å².